The molecule has 0 N–H and O–H groups in total. The van der Waals surface area contributed by atoms with Gasteiger partial charge >= 0.3 is 5.97 Å². The first-order chi connectivity index (χ1) is 16.2. The number of ether oxygens (including phenoxy) is 2. The molecule has 0 aromatic heterocycles. The van der Waals surface area contributed by atoms with Gasteiger partial charge in [0.1, 0.15) is 6.10 Å². The Morgan fingerprint density at radius 2 is 1.03 bits per heavy atom. The number of carbonyl (C=O) groups excluding carboxylic acids is 1. The second-order valence-corrected chi connectivity index (χ2v) is 10.5. The van der Waals surface area contributed by atoms with Crippen LogP contribution in [0.4, 0.5) is 0 Å². The van der Waals surface area contributed by atoms with Crippen LogP contribution in [0.5, 0.6) is 0 Å². The fourth-order valence-corrected chi connectivity index (χ4v) is 4.91. The lowest BCUT2D eigenvalue weighted by Crippen LogP contribution is -2.24. The minimum atomic E-state index is -0.575. The number of hydrogen-bond acceptors (Lipinski definition) is 3. The summed E-state index contributed by atoms with van der Waals surface area (Å²) in [6.45, 7) is 6.70. The Hall–Kier alpha value is -0.570. The summed E-state index contributed by atoms with van der Waals surface area (Å²) in [4.78, 5) is 12.4. The molecule has 1 saturated heterocycles. The molecule has 1 fully saturated rings. The van der Waals surface area contributed by atoms with Crippen molar-refractivity contribution in [3.8, 4) is 0 Å². The van der Waals surface area contributed by atoms with Crippen molar-refractivity contribution in [3.05, 3.63) is 0 Å². The highest BCUT2D eigenvalue weighted by Gasteiger charge is 2.58. The molecular formula is C30H58O3. The van der Waals surface area contributed by atoms with E-state index in [2.05, 4.69) is 20.8 Å². The first-order valence-electron chi connectivity index (χ1n) is 15.1. The maximum atomic E-state index is 12.4. The van der Waals surface area contributed by atoms with E-state index in [1.54, 1.807) is 0 Å². The third-order valence-corrected chi connectivity index (χ3v) is 7.24. The highest BCUT2D eigenvalue weighted by Crippen LogP contribution is 2.45. The number of epoxide rings is 1. The van der Waals surface area contributed by atoms with E-state index in [9.17, 15) is 4.79 Å². The summed E-state index contributed by atoms with van der Waals surface area (Å²) in [5.74, 6) is -0.619. The summed E-state index contributed by atoms with van der Waals surface area (Å²) in [7, 11) is 0. The van der Waals surface area contributed by atoms with Gasteiger partial charge in [-0.2, -0.15) is 0 Å². The van der Waals surface area contributed by atoms with Gasteiger partial charge in [0.05, 0.1) is 0 Å². The predicted molar refractivity (Wildman–Crippen MR) is 142 cm³/mol. The standard InChI is InChI=1S/C30H58O3/c1-4-7-10-12-13-14-15-16-17-18-19-20-21-22-24-26-29(31)33-30(27-9-6-3)28(32-30)25-23-11-8-5-2/h28H,4-27H2,1-3H3. The average molecular weight is 467 g/mol. The fourth-order valence-electron chi connectivity index (χ4n) is 4.91. The topological polar surface area (TPSA) is 38.8 Å². The summed E-state index contributed by atoms with van der Waals surface area (Å²) in [6.07, 6.45) is 29.9. The van der Waals surface area contributed by atoms with Crippen LogP contribution >= 0.6 is 0 Å². The molecule has 0 saturated carbocycles. The molecule has 0 spiro atoms. The third kappa shape index (κ3) is 15.9. The van der Waals surface area contributed by atoms with Crippen LogP contribution in [0.25, 0.3) is 0 Å². The summed E-state index contributed by atoms with van der Waals surface area (Å²) >= 11 is 0. The molecule has 0 aliphatic carbocycles. The Kier molecular flexibility index (Phi) is 19.2. The number of hydrogen-bond donors (Lipinski definition) is 0. The van der Waals surface area contributed by atoms with Crippen molar-refractivity contribution in [2.45, 2.75) is 187 Å². The Bertz CT molecular complexity index is 450. The van der Waals surface area contributed by atoms with E-state index in [-0.39, 0.29) is 12.1 Å². The maximum Gasteiger partial charge on any atom is 0.308 e. The van der Waals surface area contributed by atoms with Gasteiger partial charge in [0.2, 0.25) is 5.79 Å². The molecule has 0 radical (unpaired) electrons. The summed E-state index contributed by atoms with van der Waals surface area (Å²) < 4.78 is 11.8. The molecule has 33 heavy (non-hydrogen) atoms. The SMILES string of the molecule is CCCCCCCCCCCCCCCCCC(=O)OC1(CCCC)OC1CCCCCC. The van der Waals surface area contributed by atoms with Gasteiger partial charge in [-0.25, -0.2) is 0 Å². The van der Waals surface area contributed by atoms with Crippen LogP contribution in [0.2, 0.25) is 0 Å². The normalized spacial score (nSPS) is 19.7. The molecule has 1 aliphatic heterocycles. The van der Waals surface area contributed by atoms with Gasteiger partial charge < -0.3 is 9.47 Å². The van der Waals surface area contributed by atoms with Crippen molar-refractivity contribution in [3.63, 3.8) is 0 Å². The molecule has 196 valence electrons. The molecule has 0 amide bonds. The van der Waals surface area contributed by atoms with E-state index >= 15 is 0 Å². The number of unbranched alkanes of at least 4 members (excludes halogenated alkanes) is 18. The molecule has 2 atom stereocenters. The lowest BCUT2D eigenvalue weighted by molar-refractivity contribution is -0.160. The highest BCUT2D eigenvalue weighted by atomic mass is 16.8. The van der Waals surface area contributed by atoms with Gasteiger partial charge in [0, 0.05) is 12.8 Å². The van der Waals surface area contributed by atoms with Gasteiger partial charge in [-0.15, -0.1) is 0 Å². The Labute approximate surface area is 207 Å². The van der Waals surface area contributed by atoms with Crippen LogP contribution in [-0.4, -0.2) is 17.9 Å². The second-order valence-electron chi connectivity index (χ2n) is 10.5. The molecule has 1 heterocycles. The van der Waals surface area contributed by atoms with Crippen LogP contribution < -0.4 is 0 Å². The minimum absolute atomic E-state index is 0.0446. The monoisotopic (exact) mass is 466 g/mol. The molecule has 1 rings (SSSR count). The Morgan fingerprint density at radius 3 is 1.52 bits per heavy atom. The largest absolute Gasteiger partial charge is 0.430 e. The van der Waals surface area contributed by atoms with Crippen molar-refractivity contribution in [1.82, 2.24) is 0 Å². The first kappa shape index (κ1) is 30.5. The third-order valence-electron chi connectivity index (χ3n) is 7.24. The zero-order valence-corrected chi connectivity index (χ0v) is 22.8. The molecule has 0 bridgehead atoms. The van der Waals surface area contributed by atoms with Gasteiger partial charge in [-0.1, -0.05) is 143 Å². The van der Waals surface area contributed by atoms with Crippen molar-refractivity contribution < 1.29 is 14.3 Å². The lowest BCUT2D eigenvalue weighted by atomic mass is 10.0. The molecule has 2 unspecified atom stereocenters. The van der Waals surface area contributed by atoms with Gasteiger partial charge in [-0.3, -0.25) is 4.79 Å². The van der Waals surface area contributed by atoms with Crippen LogP contribution in [0.3, 0.4) is 0 Å². The molecule has 3 nitrogen and oxygen atoms in total. The molecule has 0 aromatic rings. The van der Waals surface area contributed by atoms with E-state index in [1.807, 2.05) is 0 Å². The number of rotatable bonds is 25. The van der Waals surface area contributed by atoms with Crippen LogP contribution in [-0.2, 0) is 14.3 Å². The molecule has 0 aromatic carbocycles. The first-order valence-corrected chi connectivity index (χ1v) is 15.1. The van der Waals surface area contributed by atoms with Crippen molar-refractivity contribution >= 4 is 5.97 Å². The highest BCUT2D eigenvalue weighted by molar-refractivity contribution is 5.70. The Morgan fingerprint density at radius 1 is 0.606 bits per heavy atom. The van der Waals surface area contributed by atoms with E-state index in [0.29, 0.717) is 6.42 Å². The number of esters is 1. The zero-order valence-electron chi connectivity index (χ0n) is 22.8. The predicted octanol–water partition coefficient (Wildman–Crippen LogP) is 10.0. The number of carbonyl (C=O) groups is 1. The van der Waals surface area contributed by atoms with Crippen LogP contribution in [0.15, 0.2) is 0 Å². The van der Waals surface area contributed by atoms with E-state index in [4.69, 9.17) is 9.47 Å². The van der Waals surface area contributed by atoms with Crippen molar-refractivity contribution in [2.75, 3.05) is 0 Å². The quantitative estimate of drug-likeness (QED) is 0.0763. The molecule has 3 heteroatoms. The van der Waals surface area contributed by atoms with Gasteiger partial charge in [0.15, 0.2) is 0 Å². The second kappa shape index (κ2) is 20.8. The maximum absolute atomic E-state index is 12.4. The molecular weight excluding hydrogens is 408 g/mol. The van der Waals surface area contributed by atoms with Crippen molar-refractivity contribution in [1.29, 1.82) is 0 Å². The van der Waals surface area contributed by atoms with E-state index in [0.717, 1.165) is 38.5 Å². The minimum Gasteiger partial charge on any atom is -0.430 e. The van der Waals surface area contributed by atoms with Crippen LogP contribution in [0, 0.1) is 0 Å². The van der Waals surface area contributed by atoms with Crippen LogP contribution in [0.1, 0.15) is 175 Å². The fraction of sp³-hybridized carbons (Fsp3) is 0.967. The van der Waals surface area contributed by atoms with Crippen molar-refractivity contribution in [2.24, 2.45) is 0 Å². The van der Waals surface area contributed by atoms with E-state index < -0.39 is 5.79 Å². The zero-order chi connectivity index (χ0) is 24.0. The summed E-state index contributed by atoms with van der Waals surface area (Å²) in [5.41, 5.74) is 0. The Balaban J connectivity index is 1.97. The van der Waals surface area contributed by atoms with Gasteiger partial charge in [0.25, 0.3) is 0 Å². The molecule has 1 aliphatic rings. The van der Waals surface area contributed by atoms with E-state index in [1.165, 1.54) is 109 Å². The lowest BCUT2D eigenvalue weighted by Gasteiger charge is -2.14. The average Bonchev–Trinajstić information content (AvgIpc) is 3.49. The summed E-state index contributed by atoms with van der Waals surface area (Å²) in [5, 5.41) is 0. The smallest absolute Gasteiger partial charge is 0.308 e. The van der Waals surface area contributed by atoms with Gasteiger partial charge in [-0.05, 0) is 19.3 Å². The summed E-state index contributed by atoms with van der Waals surface area (Å²) in [6, 6.07) is 0.